The van der Waals surface area contributed by atoms with Gasteiger partial charge in [0.25, 0.3) is 5.56 Å². The monoisotopic (exact) mass is 289 g/mol. The number of H-pyrrole nitrogens is 1. The lowest BCUT2D eigenvalue weighted by molar-refractivity contribution is 0.259. The van der Waals surface area contributed by atoms with Gasteiger partial charge in [-0.25, -0.2) is 4.98 Å². The van der Waals surface area contributed by atoms with Crippen LogP contribution in [0.5, 0.6) is 0 Å². The number of hydrogen-bond donors (Lipinski definition) is 1. The zero-order chi connectivity index (χ0) is 14.7. The fraction of sp³-hybridized carbons (Fsp3) is 0.500. The number of aryl methyl sites for hydroxylation is 1. The number of anilines is 1. The molecular formula is C14H19N5O2. The van der Waals surface area contributed by atoms with Crippen LogP contribution in [0.1, 0.15) is 11.3 Å². The predicted octanol–water partition coefficient (Wildman–Crippen LogP) is 0.431. The molecule has 0 amide bonds. The van der Waals surface area contributed by atoms with Gasteiger partial charge in [-0.2, -0.15) is 0 Å². The van der Waals surface area contributed by atoms with E-state index in [1.807, 2.05) is 13.0 Å². The maximum atomic E-state index is 11.8. The van der Waals surface area contributed by atoms with Gasteiger partial charge in [0.2, 0.25) is 0 Å². The second-order valence-corrected chi connectivity index (χ2v) is 5.23. The largest absolute Gasteiger partial charge is 0.363 e. The van der Waals surface area contributed by atoms with Crippen LogP contribution in [-0.4, -0.2) is 52.7 Å². The maximum Gasteiger partial charge on any atom is 0.254 e. The Kier molecular flexibility index (Phi) is 4.01. The summed E-state index contributed by atoms with van der Waals surface area (Å²) in [6.45, 7) is 6.54. The molecule has 112 valence electrons. The normalized spacial score (nSPS) is 16.3. The van der Waals surface area contributed by atoms with Crippen LogP contribution in [-0.2, 0) is 6.42 Å². The molecule has 0 bridgehead atoms. The molecule has 3 rings (SSSR count). The summed E-state index contributed by atoms with van der Waals surface area (Å²) in [4.78, 5) is 23.1. The molecule has 2 aromatic rings. The number of nitrogens with one attached hydrogen (secondary N) is 1. The van der Waals surface area contributed by atoms with Gasteiger partial charge in [-0.05, 0) is 13.3 Å². The van der Waals surface area contributed by atoms with E-state index in [9.17, 15) is 4.79 Å². The molecule has 1 aliphatic rings. The molecule has 1 N–H and O–H groups in total. The first-order chi connectivity index (χ1) is 10.2. The fourth-order valence-corrected chi connectivity index (χ4v) is 2.65. The minimum absolute atomic E-state index is 0.0243. The molecule has 0 spiro atoms. The number of piperazine rings is 1. The Bertz CT molecular complexity index is 629. The Morgan fingerprint density at radius 3 is 2.81 bits per heavy atom. The van der Waals surface area contributed by atoms with E-state index in [4.69, 9.17) is 4.52 Å². The van der Waals surface area contributed by atoms with Crippen LogP contribution < -0.4 is 10.5 Å². The van der Waals surface area contributed by atoms with Crippen molar-refractivity contribution in [1.82, 2.24) is 20.0 Å². The summed E-state index contributed by atoms with van der Waals surface area (Å²) in [6, 6.07) is 1.88. The smallest absolute Gasteiger partial charge is 0.254 e. The second-order valence-electron chi connectivity index (χ2n) is 5.23. The Labute approximate surface area is 122 Å². The van der Waals surface area contributed by atoms with Crippen molar-refractivity contribution in [3.8, 4) is 0 Å². The van der Waals surface area contributed by atoms with Crippen molar-refractivity contribution in [1.29, 1.82) is 0 Å². The first-order valence-corrected chi connectivity index (χ1v) is 7.15. The molecule has 7 nitrogen and oxygen atoms in total. The van der Waals surface area contributed by atoms with Gasteiger partial charge in [-0.15, -0.1) is 0 Å². The van der Waals surface area contributed by atoms with E-state index in [0.29, 0.717) is 0 Å². The van der Waals surface area contributed by atoms with E-state index < -0.39 is 0 Å². The van der Waals surface area contributed by atoms with Gasteiger partial charge >= 0.3 is 0 Å². The van der Waals surface area contributed by atoms with Crippen LogP contribution in [0.3, 0.4) is 0 Å². The molecule has 1 saturated heterocycles. The quantitative estimate of drug-likeness (QED) is 0.879. The van der Waals surface area contributed by atoms with Crippen molar-refractivity contribution in [2.24, 2.45) is 0 Å². The number of nitrogens with zero attached hydrogens (tertiary/aromatic N) is 4. The average molecular weight is 289 g/mol. The Morgan fingerprint density at radius 2 is 2.14 bits per heavy atom. The number of hydrogen-bond acceptors (Lipinski definition) is 6. The van der Waals surface area contributed by atoms with Gasteiger partial charge in [0.1, 0.15) is 6.26 Å². The fourth-order valence-electron chi connectivity index (χ4n) is 2.65. The lowest BCUT2D eigenvalue weighted by atomic mass is 10.1. The molecule has 1 fully saturated rings. The van der Waals surface area contributed by atoms with Gasteiger partial charge in [-0.3, -0.25) is 9.69 Å². The lowest BCUT2D eigenvalue weighted by Crippen LogP contribution is -2.47. The van der Waals surface area contributed by atoms with E-state index in [0.717, 1.165) is 56.2 Å². The minimum Gasteiger partial charge on any atom is -0.363 e. The maximum absolute atomic E-state index is 11.8. The van der Waals surface area contributed by atoms with Gasteiger partial charge in [0.05, 0.1) is 6.33 Å². The first kappa shape index (κ1) is 13.8. The zero-order valence-corrected chi connectivity index (χ0v) is 12.1. The molecule has 3 heterocycles. The summed E-state index contributed by atoms with van der Waals surface area (Å²) in [5.41, 5.74) is 1.58. The highest BCUT2D eigenvalue weighted by molar-refractivity contribution is 5.36. The van der Waals surface area contributed by atoms with Crippen LogP contribution in [0.4, 0.5) is 5.82 Å². The second kappa shape index (κ2) is 6.09. The van der Waals surface area contributed by atoms with Crippen molar-refractivity contribution in [2.75, 3.05) is 37.6 Å². The van der Waals surface area contributed by atoms with Crippen molar-refractivity contribution < 1.29 is 4.52 Å². The van der Waals surface area contributed by atoms with Gasteiger partial charge < -0.3 is 14.4 Å². The highest BCUT2D eigenvalue weighted by Gasteiger charge is 2.19. The standard InChI is InChI=1S/C14H19N5O2/c1-11-12(14(20)16-10-15-11)2-4-18-5-7-19(8-6-18)13-3-9-21-17-13/h3,9-10H,2,4-8H2,1H3,(H,15,16,20). The average Bonchev–Trinajstić information content (AvgIpc) is 3.02. The summed E-state index contributed by atoms with van der Waals surface area (Å²) in [6.07, 6.45) is 3.79. The van der Waals surface area contributed by atoms with Gasteiger partial charge in [-0.1, -0.05) is 5.16 Å². The van der Waals surface area contributed by atoms with Crippen molar-refractivity contribution in [3.05, 3.63) is 40.3 Å². The van der Waals surface area contributed by atoms with Gasteiger partial charge in [0, 0.05) is 50.0 Å². The van der Waals surface area contributed by atoms with E-state index in [1.54, 1.807) is 6.26 Å². The number of rotatable bonds is 4. The number of aromatic amines is 1. The van der Waals surface area contributed by atoms with E-state index in [2.05, 4.69) is 24.9 Å². The molecule has 0 atom stereocenters. The molecule has 21 heavy (non-hydrogen) atoms. The van der Waals surface area contributed by atoms with Crippen molar-refractivity contribution >= 4 is 5.82 Å². The first-order valence-electron chi connectivity index (χ1n) is 7.15. The molecule has 0 aliphatic carbocycles. The molecule has 2 aromatic heterocycles. The zero-order valence-electron chi connectivity index (χ0n) is 12.1. The number of aromatic nitrogens is 3. The SMILES string of the molecule is Cc1nc[nH]c(=O)c1CCN1CCN(c2ccon2)CC1. The highest BCUT2D eigenvalue weighted by atomic mass is 16.5. The third-order valence-corrected chi connectivity index (χ3v) is 3.96. The van der Waals surface area contributed by atoms with E-state index in [1.165, 1.54) is 6.33 Å². The highest BCUT2D eigenvalue weighted by Crippen LogP contribution is 2.13. The minimum atomic E-state index is -0.0243. The van der Waals surface area contributed by atoms with Gasteiger partial charge in [0.15, 0.2) is 5.82 Å². The van der Waals surface area contributed by atoms with Crippen molar-refractivity contribution in [3.63, 3.8) is 0 Å². The predicted molar refractivity (Wildman–Crippen MR) is 78.5 cm³/mol. The van der Waals surface area contributed by atoms with Crippen molar-refractivity contribution in [2.45, 2.75) is 13.3 Å². The molecule has 0 saturated carbocycles. The molecule has 7 heteroatoms. The Balaban J connectivity index is 1.53. The topological polar surface area (TPSA) is 78.3 Å². The summed E-state index contributed by atoms with van der Waals surface area (Å²) >= 11 is 0. The van der Waals surface area contributed by atoms with Crippen LogP contribution in [0, 0.1) is 6.92 Å². The summed E-state index contributed by atoms with van der Waals surface area (Å²) in [7, 11) is 0. The molecule has 0 radical (unpaired) electrons. The van der Waals surface area contributed by atoms with Crippen LogP contribution >= 0.6 is 0 Å². The van der Waals surface area contributed by atoms with Crippen LogP contribution in [0.25, 0.3) is 0 Å². The summed E-state index contributed by atoms with van der Waals surface area (Å²) in [5, 5.41) is 3.96. The molecule has 0 unspecified atom stereocenters. The molecule has 0 aromatic carbocycles. The molecular weight excluding hydrogens is 270 g/mol. The summed E-state index contributed by atoms with van der Waals surface area (Å²) < 4.78 is 4.88. The third kappa shape index (κ3) is 3.13. The summed E-state index contributed by atoms with van der Waals surface area (Å²) in [5.74, 6) is 0.897. The van der Waals surface area contributed by atoms with E-state index >= 15 is 0 Å². The lowest BCUT2D eigenvalue weighted by Gasteiger charge is -2.34. The van der Waals surface area contributed by atoms with Crippen LogP contribution in [0.2, 0.25) is 0 Å². The molecule has 1 aliphatic heterocycles. The Hall–Kier alpha value is -2.15. The van der Waals surface area contributed by atoms with Crippen LogP contribution in [0.15, 0.2) is 28.0 Å². The Morgan fingerprint density at radius 1 is 1.33 bits per heavy atom. The van der Waals surface area contributed by atoms with E-state index in [-0.39, 0.29) is 5.56 Å². The third-order valence-electron chi connectivity index (χ3n) is 3.96.